The number of nitrogens with two attached hydrogens (primary N) is 1. The van der Waals surface area contributed by atoms with Crippen LogP contribution in [0.1, 0.15) is 32.8 Å². The van der Waals surface area contributed by atoms with Gasteiger partial charge in [-0.2, -0.15) is 0 Å². The van der Waals surface area contributed by atoms with E-state index in [4.69, 9.17) is 14.8 Å². The Balaban J connectivity index is 1.50. The van der Waals surface area contributed by atoms with Crippen LogP contribution in [0.5, 0.6) is 11.5 Å². The molecule has 0 bridgehead atoms. The predicted octanol–water partition coefficient (Wildman–Crippen LogP) is 2.13. The number of nitrogens with one attached hydrogen (secondary N) is 1. The lowest BCUT2D eigenvalue weighted by atomic mass is 10.0. The van der Waals surface area contributed by atoms with Crippen LogP contribution in [0.4, 0.5) is 8.78 Å². The van der Waals surface area contributed by atoms with Crippen LogP contribution < -0.4 is 25.8 Å². The summed E-state index contributed by atoms with van der Waals surface area (Å²) in [5.41, 5.74) is 2.78. The molecule has 0 radical (unpaired) electrons. The van der Waals surface area contributed by atoms with Crippen LogP contribution in [-0.2, 0) is 15.8 Å². The maximum absolute atomic E-state index is 14.1. The van der Waals surface area contributed by atoms with E-state index in [1.165, 1.54) is 16.6 Å². The van der Waals surface area contributed by atoms with E-state index >= 15 is 0 Å². The zero-order chi connectivity index (χ0) is 30.2. The average Bonchev–Trinajstić information content (AvgIpc) is 3.43. The first-order valence-electron chi connectivity index (χ1n) is 12.9. The minimum atomic E-state index is -3.76. The second-order valence-corrected chi connectivity index (χ2v) is 12.0. The fourth-order valence-electron chi connectivity index (χ4n) is 5.06. The van der Waals surface area contributed by atoms with Crippen LogP contribution in [0.2, 0.25) is 0 Å². The van der Waals surface area contributed by atoms with Gasteiger partial charge in [0.25, 0.3) is 11.8 Å². The average molecular weight is 604 g/mol. The molecule has 15 heteroatoms. The topological polar surface area (TPSA) is 156 Å². The van der Waals surface area contributed by atoms with Crippen molar-refractivity contribution in [1.82, 2.24) is 14.9 Å². The standard InChI is InChI=1S/C27H28F2N5O7P/c1-32-26(38)22-24(36)23(35)20(25(37)31-14-17-7-8-18(28)13-21(17)29)15-33(22)34(27(32)9-11-40-16-27)10-12-42(30,39)41-19-5-3-2-4-6-19/h2-8,13,15,36H,9-12,14,16H2,1H3,(H2,30,39)(H,31,37)/t27-,42?/m1/s1. The first-order chi connectivity index (χ1) is 19.9. The molecule has 3 aromatic rings. The van der Waals surface area contributed by atoms with Gasteiger partial charge in [-0.05, 0) is 18.2 Å². The van der Waals surface area contributed by atoms with E-state index < -0.39 is 59.1 Å². The second kappa shape index (κ2) is 11.2. The van der Waals surface area contributed by atoms with Crippen molar-refractivity contribution in [3.8, 4) is 11.5 Å². The number of rotatable bonds is 8. The minimum absolute atomic E-state index is 0.0291. The van der Waals surface area contributed by atoms with E-state index in [0.29, 0.717) is 18.2 Å². The zero-order valence-corrected chi connectivity index (χ0v) is 23.4. The summed E-state index contributed by atoms with van der Waals surface area (Å²) >= 11 is 0. The van der Waals surface area contributed by atoms with Gasteiger partial charge >= 0.3 is 7.52 Å². The molecule has 12 nitrogen and oxygen atoms in total. The summed E-state index contributed by atoms with van der Waals surface area (Å²) in [6.45, 7) is -0.184. The lowest BCUT2D eigenvalue weighted by Gasteiger charge is -2.52. The molecule has 0 saturated carbocycles. The number of aromatic hydroxyl groups is 1. The van der Waals surface area contributed by atoms with E-state index in [-0.39, 0.29) is 38.0 Å². The van der Waals surface area contributed by atoms with E-state index in [1.807, 2.05) is 0 Å². The largest absolute Gasteiger partial charge is 0.502 e. The lowest BCUT2D eigenvalue weighted by molar-refractivity contribution is 0.0307. The van der Waals surface area contributed by atoms with Gasteiger partial charge in [-0.3, -0.25) is 28.6 Å². The molecule has 1 aromatic heterocycles. The lowest BCUT2D eigenvalue weighted by Crippen LogP contribution is -2.70. The third-order valence-corrected chi connectivity index (χ3v) is 8.69. The van der Waals surface area contributed by atoms with Gasteiger partial charge in [-0.25, -0.2) is 14.3 Å². The molecule has 5 rings (SSSR count). The summed E-state index contributed by atoms with van der Waals surface area (Å²) in [7, 11) is -2.27. The number of hydrogen-bond donors (Lipinski definition) is 3. The van der Waals surface area contributed by atoms with Gasteiger partial charge in [0.2, 0.25) is 5.43 Å². The number of likely N-dealkylation sites (N-methyl/N-ethyl adjacent to an activating group) is 1. The highest BCUT2D eigenvalue weighted by Gasteiger charge is 2.52. The summed E-state index contributed by atoms with van der Waals surface area (Å²) in [5, 5.41) is 14.8. The van der Waals surface area contributed by atoms with Gasteiger partial charge in [0.05, 0.1) is 19.4 Å². The first kappa shape index (κ1) is 29.2. The van der Waals surface area contributed by atoms with Crippen molar-refractivity contribution < 1.29 is 37.3 Å². The molecule has 0 aliphatic carbocycles. The van der Waals surface area contributed by atoms with Crippen molar-refractivity contribution >= 4 is 19.3 Å². The Morgan fingerprint density at radius 1 is 1.21 bits per heavy atom. The molecule has 1 saturated heterocycles. The number of aromatic nitrogens is 1. The van der Waals surface area contributed by atoms with Crippen LogP contribution in [-0.4, -0.2) is 65.1 Å². The van der Waals surface area contributed by atoms with E-state index in [0.717, 1.165) is 18.3 Å². The molecule has 2 aromatic carbocycles. The van der Waals surface area contributed by atoms with Crippen molar-refractivity contribution in [2.45, 2.75) is 18.6 Å². The SMILES string of the molecule is CN1C(=O)c2c(O)c(=O)c(C(=O)NCc3ccc(F)cc3F)cn2N(CCP(N)(=O)Oc2ccccc2)[C@@]12CCOC2. The van der Waals surface area contributed by atoms with Crippen molar-refractivity contribution in [3.05, 3.63) is 93.4 Å². The molecule has 1 fully saturated rings. The number of hydrogen-bond acceptors (Lipinski definition) is 8. The molecule has 2 aliphatic heterocycles. The van der Waals surface area contributed by atoms with E-state index in [9.17, 15) is 32.8 Å². The number of fused-ring (bicyclic) bond motifs is 1. The second-order valence-electron chi connectivity index (χ2n) is 9.96. The number of para-hydroxylation sites is 1. The molecule has 42 heavy (non-hydrogen) atoms. The molecule has 1 unspecified atom stereocenters. The third kappa shape index (κ3) is 5.36. The van der Waals surface area contributed by atoms with Gasteiger partial charge in [-0.1, -0.05) is 24.3 Å². The molecular weight excluding hydrogens is 575 g/mol. The summed E-state index contributed by atoms with van der Waals surface area (Å²) in [6.07, 6.45) is 1.17. The van der Waals surface area contributed by atoms with Crippen LogP contribution in [0, 0.1) is 11.6 Å². The summed E-state index contributed by atoms with van der Waals surface area (Å²) in [6, 6.07) is 11.2. The van der Waals surface area contributed by atoms with Crippen LogP contribution >= 0.6 is 7.52 Å². The highest BCUT2D eigenvalue weighted by Crippen LogP contribution is 2.41. The molecule has 2 aliphatic rings. The van der Waals surface area contributed by atoms with Gasteiger partial charge < -0.3 is 24.6 Å². The number of carbonyl (C=O) groups is 2. The molecular formula is C27H28F2N5O7P. The molecule has 4 N–H and O–H groups in total. The summed E-state index contributed by atoms with van der Waals surface area (Å²) in [4.78, 5) is 40.9. The monoisotopic (exact) mass is 603 g/mol. The highest BCUT2D eigenvalue weighted by molar-refractivity contribution is 7.56. The molecule has 1 spiro atoms. The molecule has 3 heterocycles. The Kier molecular flexibility index (Phi) is 7.80. The van der Waals surface area contributed by atoms with Gasteiger partial charge in [0.15, 0.2) is 17.1 Å². The van der Waals surface area contributed by atoms with Gasteiger partial charge in [0, 0.05) is 44.4 Å². The van der Waals surface area contributed by atoms with Crippen LogP contribution in [0.25, 0.3) is 0 Å². The Labute approximate surface area is 238 Å². The number of ether oxygens (including phenoxy) is 1. The number of benzene rings is 2. The number of nitrogens with zero attached hydrogens (tertiary/aromatic N) is 3. The Hall–Kier alpha value is -4.26. The third-order valence-electron chi connectivity index (χ3n) is 7.34. The maximum atomic E-state index is 14.1. The number of amides is 2. The Bertz CT molecular complexity index is 1650. The van der Waals surface area contributed by atoms with Crippen LogP contribution in [0.3, 0.4) is 0 Å². The quantitative estimate of drug-likeness (QED) is 0.328. The normalized spacial score (nSPS) is 19.5. The Morgan fingerprint density at radius 2 is 1.95 bits per heavy atom. The smallest absolute Gasteiger partial charge is 0.315 e. The Morgan fingerprint density at radius 3 is 2.62 bits per heavy atom. The predicted molar refractivity (Wildman–Crippen MR) is 147 cm³/mol. The van der Waals surface area contributed by atoms with Crippen molar-refractivity contribution in [2.24, 2.45) is 5.50 Å². The van der Waals surface area contributed by atoms with E-state index in [2.05, 4.69) is 5.32 Å². The van der Waals surface area contributed by atoms with Crippen molar-refractivity contribution in [1.29, 1.82) is 0 Å². The number of halogens is 2. The van der Waals surface area contributed by atoms with Crippen molar-refractivity contribution in [2.75, 3.05) is 38.0 Å². The fraction of sp³-hybridized carbons (Fsp3) is 0.296. The zero-order valence-electron chi connectivity index (χ0n) is 22.5. The van der Waals surface area contributed by atoms with E-state index in [1.54, 1.807) is 35.3 Å². The number of carbonyl (C=O) groups excluding carboxylic acids is 2. The van der Waals surface area contributed by atoms with Gasteiger partial charge in [0.1, 0.15) is 22.9 Å². The molecule has 2 atom stereocenters. The molecule has 2 amide bonds. The number of pyridine rings is 1. The fourth-order valence-corrected chi connectivity index (χ4v) is 6.10. The first-order valence-corrected chi connectivity index (χ1v) is 14.8. The van der Waals surface area contributed by atoms with Gasteiger partial charge in [-0.15, -0.1) is 0 Å². The maximum Gasteiger partial charge on any atom is 0.315 e. The minimum Gasteiger partial charge on any atom is -0.502 e. The van der Waals surface area contributed by atoms with Crippen molar-refractivity contribution in [3.63, 3.8) is 0 Å². The molecule has 222 valence electrons. The summed E-state index contributed by atoms with van der Waals surface area (Å²) in [5.74, 6) is -4.06. The van der Waals surface area contributed by atoms with Crippen LogP contribution in [0.15, 0.2) is 59.5 Å². The highest BCUT2D eigenvalue weighted by atomic mass is 31.2. The summed E-state index contributed by atoms with van der Waals surface area (Å²) < 4.78 is 52.9.